The Labute approximate surface area is 82.9 Å². The zero-order valence-electron chi connectivity index (χ0n) is 6.24. The zero-order valence-corrected chi connectivity index (χ0v) is 8.63. The molecule has 2 nitrogen and oxygen atoms in total. The highest BCUT2D eigenvalue weighted by Crippen LogP contribution is 2.30. The van der Waals surface area contributed by atoms with Gasteiger partial charge in [0.2, 0.25) is 0 Å². The van der Waals surface area contributed by atoms with E-state index in [0.717, 1.165) is 15.6 Å². The van der Waals surface area contributed by atoms with E-state index in [4.69, 9.17) is 11.6 Å². The van der Waals surface area contributed by atoms with Crippen LogP contribution in [0.4, 0.5) is 0 Å². The van der Waals surface area contributed by atoms with Gasteiger partial charge < -0.3 is 0 Å². The number of aromatic nitrogens is 2. The van der Waals surface area contributed by atoms with Crippen LogP contribution >= 0.6 is 34.3 Å². The van der Waals surface area contributed by atoms with Crippen molar-refractivity contribution in [3.8, 4) is 9.88 Å². The molecule has 0 aliphatic carbocycles. The molecule has 0 radical (unpaired) electrons. The second-order valence-electron chi connectivity index (χ2n) is 2.24. The molecule has 2 aromatic heterocycles. The number of hydrogen-bond acceptors (Lipinski definition) is 4. The van der Waals surface area contributed by atoms with Gasteiger partial charge in [-0.3, -0.25) is 0 Å². The van der Waals surface area contributed by atoms with Gasteiger partial charge in [0.1, 0.15) is 10.2 Å². The lowest BCUT2D eigenvalue weighted by molar-refractivity contribution is 1.26. The molecule has 5 heteroatoms. The van der Waals surface area contributed by atoms with Crippen LogP contribution in [0, 0.1) is 6.92 Å². The molecule has 0 bridgehead atoms. The Morgan fingerprint density at radius 3 is 2.75 bits per heavy atom. The van der Waals surface area contributed by atoms with E-state index in [1.165, 1.54) is 0 Å². The molecule has 0 spiro atoms. The van der Waals surface area contributed by atoms with Crippen molar-refractivity contribution in [3.63, 3.8) is 0 Å². The standard InChI is InChI=1S/C7H5ClN2S2/c1-4-6(12-3-9-4)7-10-5(8)2-11-7/h2-3H,1H3. The molecular weight excluding hydrogens is 212 g/mol. The number of hydrogen-bond donors (Lipinski definition) is 0. The van der Waals surface area contributed by atoms with E-state index < -0.39 is 0 Å². The molecule has 62 valence electrons. The number of nitrogens with zero attached hydrogens (tertiary/aromatic N) is 2. The number of halogens is 1. The monoisotopic (exact) mass is 216 g/mol. The second kappa shape index (κ2) is 3.12. The molecule has 0 aromatic carbocycles. The van der Waals surface area contributed by atoms with Crippen molar-refractivity contribution < 1.29 is 0 Å². The third-order valence-electron chi connectivity index (χ3n) is 1.42. The summed E-state index contributed by atoms with van der Waals surface area (Å²) >= 11 is 8.86. The summed E-state index contributed by atoms with van der Waals surface area (Å²) in [4.78, 5) is 9.43. The molecule has 0 amide bonds. The van der Waals surface area contributed by atoms with Gasteiger partial charge in [-0.05, 0) is 6.92 Å². The molecule has 12 heavy (non-hydrogen) atoms. The van der Waals surface area contributed by atoms with Gasteiger partial charge in [-0.2, -0.15) is 0 Å². The second-order valence-corrected chi connectivity index (χ2v) is 4.34. The predicted octanol–water partition coefficient (Wildman–Crippen LogP) is 3.23. The first kappa shape index (κ1) is 8.16. The van der Waals surface area contributed by atoms with E-state index in [2.05, 4.69) is 9.97 Å². The Balaban J connectivity index is 2.50. The van der Waals surface area contributed by atoms with Crippen LogP contribution in [-0.2, 0) is 0 Å². The highest BCUT2D eigenvalue weighted by atomic mass is 35.5. The van der Waals surface area contributed by atoms with Crippen LogP contribution < -0.4 is 0 Å². The van der Waals surface area contributed by atoms with Crippen LogP contribution in [0.5, 0.6) is 0 Å². The molecular formula is C7H5ClN2S2. The lowest BCUT2D eigenvalue weighted by Gasteiger charge is -1.88. The van der Waals surface area contributed by atoms with Crippen molar-refractivity contribution in [2.24, 2.45) is 0 Å². The minimum absolute atomic E-state index is 0.558. The zero-order chi connectivity index (χ0) is 8.55. The third kappa shape index (κ3) is 1.37. The number of rotatable bonds is 1. The molecule has 0 atom stereocenters. The van der Waals surface area contributed by atoms with E-state index in [-0.39, 0.29) is 0 Å². The maximum Gasteiger partial charge on any atom is 0.140 e. The molecule has 0 unspecified atom stereocenters. The Kier molecular flexibility index (Phi) is 2.12. The molecule has 0 saturated heterocycles. The highest BCUT2D eigenvalue weighted by Gasteiger charge is 2.08. The fourth-order valence-electron chi connectivity index (χ4n) is 0.866. The van der Waals surface area contributed by atoms with E-state index in [9.17, 15) is 0 Å². The Morgan fingerprint density at radius 2 is 2.25 bits per heavy atom. The van der Waals surface area contributed by atoms with E-state index in [1.54, 1.807) is 22.7 Å². The van der Waals surface area contributed by atoms with Crippen LogP contribution in [0.3, 0.4) is 0 Å². The summed E-state index contributed by atoms with van der Waals surface area (Å²) in [6.45, 7) is 1.97. The molecule has 2 heterocycles. The fraction of sp³-hybridized carbons (Fsp3) is 0.143. The molecule has 2 rings (SSSR count). The van der Waals surface area contributed by atoms with E-state index >= 15 is 0 Å². The first-order valence-electron chi connectivity index (χ1n) is 3.29. The van der Waals surface area contributed by atoms with Gasteiger partial charge in [0.25, 0.3) is 0 Å². The summed E-state index contributed by atoms with van der Waals surface area (Å²) in [5.41, 5.74) is 2.84. The van der Waals surface area contributed by atoms with Gasteiger partial charge in [-0.15, -0.1) is 22.7 Å². The average Bonchev–Trinajstić information content (AvgIpc) is 2.58. The van der Waals surface area contributed by atoms with Crippen LogP contribution in [0.2, 0.25) is 5.15 Å². The normalized spacial score (nSPS) is 10.5. The van der Waals surface area contributed by atoms with Crippen LogP contribution in [0.25, 0.3) is 9.88 Å². The Morgan fingerprint density at radius 1 is 1.42 bits per heavy atom. The Hall–Kier alpha value is -0.450. The van der Waals surface area contributed by atoms with Crippen molar-refractivity contribution in [2.75, 3.05) is 0 Å². The minimum atomic E-state index is 0.558. The molecule has 0 N–H and O–H groups in total. The number of aryl methyl sites for hydroxylation is 1. The van der Waals surface area contributed by atoms with Crippen molar-refractivity contribution in [3.05, 3.63) is 21.7 Å². The van der Waals surface area contributed by atoms with Crippen molar-refractivity contribution in [2.45, 2.75) is 6.92 Å². The van der Waals surface area contributed by atoms with Gasteiger partial charge in [0, 0.05) is 5.38 Å². The first-order valence-corrected chi connectivity index (χ1v) is 5.42. The van der Waals surface area contributed by atoms with Gasteiger partial charge in [-0.25, -0.2) is 9.97 Å². The maximum absolute atomic E-state index is 5.71. The summed E-state index contributed by atoms with van der Waals surface area (Å²) in [6, 6.07) is 0. The summed E-state index contributed by atoms with van der Waals surface area (Å²) in [6.07, 6.45) is 0. The van der Waals surface area contributed by atoms with Crippen LogP contribution in [-0.4, -0.2) is 9.97 Å². The summed E-state index contributed by atoms with van der Waals surface area (Å²) < 4.78 is 0. The lowest BCUT2D eigenvalue weighted by Crippen LogP contribution is -1.74. The Bertz CT molecular complexity index is 394. The van der Waals surface area contributed by atoms with E-state index in [0.29, 0.717) is 5.15 Å². The first-order chi connectivity index (χ1) is 5.77. The lowest BCUT2D eigenvalue weighted by atomic mass is 10.4. The van der Waals surface area contributed by atoms with Gasteiger partial charge >= 0.3 is 0 Å². The van der Waals surface area contributed by atoms with Gasteiger partial charge in [0.05, 0.1) is 16.1 Å². The smallest absolute Gasteiger partial charge is 0.140 e. The maximum atomic E-state index is 5.71. The molecule has 0 aliphatic heterocycles. The van der Waals surface area contributed by atoms with Crippen molar-refractivity contribution in [1.29, 1.82) is 0 Å². The van der Waals surface area contributed by atoms with Crippen LogP contribution in [0.1, 0.15) is 5.69 Å². The quantitative estimate of drug-likeness (QED) is 0.732. The SMILES string of the molecule is Cc1ncsc1-c1nc(Cl)cs1. The largest absolute Gasteiger partial charge is 0.249 e. The molecule has 0 fully saturated rings. The summed E-state index contributed by atoms with van der Waals surface area (Å²) in [7, 11) is 0. The minimum Gasteiger partial charge on any atom is -0.249 e. The summed E-state index contributed by atoms with van der Waals surface area (Å²) in [5, 5.41) is 3.35. The highest BCUT2D eigenvalue weighted by molar-refractivity contribution is 7.20. The van der Waals surface area contributed by atoms with E-state index in [1.807, 2.05) is 17.8 Å². The van der Waals surface area contributed by atoms with Crippen LogP contribution in [0.15, 0.2) is 10.9 Å². The number of thiazole rings is 2. The molecule has 0 saturated carbocycles. The average molecular weight is 217 g/mol. The van der Waals surface area contributed by atoms with Crippen molar-refractivity contribution >= 4 is 34.3 Å². The molecule has 0 aliphatic rings. The van der Waals surface area contributed by atoms with Gasteiger partial charge in [0.15, 0.2) is 0 Å². The summed E-state index contributed by atoms with van der Waals surface area (Å²) in [5.74, 6) is 0. The predicted molar refractivity (Wildman–Crippen MR) is 53.0 cm³/mol. The topological polar surface area (TPSA) is 25.8 Å². The third-order valence-corrected chi connectivity index (χ3v) is 3.66. The van der Waals surface area contributed by atoms with Crippen molar-refractivity contribution in [1.82, 2.24) is 9.97 Å². The van der Waals surface area contributed by atoms with Gasteiger partial charge in [-0.1, -0.05) is 11.6 Å². The fourth-order valence-corrected chi connectivity index (χ4v) is 2.78. The molecule has 2 aromatic rings.